The van der Waals surface area contributed by atoms with Gasteiger partial charge in [0.1, 0.15) is 17.3 Å². The minimum Gasteiger partial charge on any atom is -0.384 e. The lowest BCUT2D eigenvalue weighted by atomic mass is 9.83. The molecule has 0 unspecified atom stereocenters. The van der Waals surface area contributed by atoms with Crippen LogP contribution in [0.4, 0.5) is 5.95 Å². The van der Waals surface area contributed by atoms with Gasteiger partial charge in [-0.15, -0.1) is 5.10 Å². The first-order valence-electron chi connectivity index (χ1n) is 14.2. The van der Waals surface area contributed by atoms with Crippen LogP contribution in [0.1, 0.15) is 50.4 Å². The van der Waals surface area contributed by atoms with Crippen molar-refractivity contribution in [2.45, 2.75) is 52.1 Å². The van der Waals surface area contributed by atoms with Crippen molar-refractivity contribution < 1.29 is 13.7 Å². The molecule has 5 heterocycles. The Kier molecular flexibility index (Phi) is 6.98. The Hall–Kier alpha value is -4.10. The number of hydrogen-bond donors (Lipinski definition) is 1. The topological polar surface area (TPSA) is 154 Å². The van der Waals surface area contributed by atoms with Gasteiger partial charge in [-0.05, 0) is 43.7 Å². The highest BCUT2D eigenvalue weighted by Gasteiger charge is 2.35. The number of aromatic amines is 1. The molecule has 1 saturated heterocycles. The summed E-state index contributed by atoms with van der Waals surface area (Å²) >= 11 is 6.44. The van der Waals surface area contributed by atoms with Crippen LogP contribution < -0.4 is 10.7 Å². The van der Waals surface area contributed by atoms with Crippen LogP contribution >= 0.6 is 11.6 Å². The van der Waals surface area contributed by atoms with Gasteiger partial charge in [-0.2, -0.15) is 9.97 Å². The van der Waals surface area contributed by atoms with Crippen LogP contribution in [0, 0.1) is 18.8 Å². The molecule has 1 aliphatic heterocycles. The molecule has 1 atom stereocenters. The van der Waals surface area contributed by atoms with Crippen LogP contribution in [0.15, 0.2) is 38.0 Å². The van der Waals surface area contributed by atoms with Crippen molar-refractivity contribution in [1.29, 1.82) is 0 Å². The van der Waals surface area contributed by atoms with E-state index in [1.54, 1.807) is 6.92 Å². The average Bonchev–Trinajstić information content (AvgIpc) is 3.72. The van der Waals surface area contributed by atoms with Gasteiger partial charge in [0, 0.05) is 23.7 Å². The Morgan fingerprint density at radius 3 is 2.71 bits per heavy atom. The number of hydrogen-bond acceptors (Lipinski definition) is 11. The summed E-state index contributed by atoms with van der Waals surface area (Å²) < 4.78 is 18.9. The number of aromatic nitrogens is 8. The van der Waals surface area contributed by atoms with Gasteiger partial charge < -0.3 is 23.1 Å². The number of imidazole rings is 1. The van der Waals surface area contributed by atoms with Crippen molar-refractivity contribution in [1.82, 2.24) is 39.9 Å². The number of aryl methyl sites for hydroxylation is 1. The van der Waals surface area contributed by atoms with E-state index in [1.807, 2.05) is 24.3 Å². The predicted octanol–water partition coefficient (Wildman–Crippen LogP) is 4.59. The Balaban J connectivity index is 1.45. The summed E-state index contributed by atoms with van der Waals surface area (Å²) in [6.07, 6.45) is 4.63. The first-order chi connectivity index (χ1) is 20.4. The molecule has 1 aromatic carbocycles. The van der Waals surface area contributed by atoms with Crippen molar-refractivity contribution in [3.05, 3.63) is 51.6 Å². The van der Waals surface area contributed by atoms with E-state index in [4.69, 9.17) is 40.2 Å². The number of nitrogens with one attached hydrogen (secondary N) is 1. The number of rotatable bonds is 6. The lowest BCUT2D eigenvalue weighted by Crippen LogP contribution is -2.41. The van der Waals surface area contributed by atoms with E-state index < -0.39 is 5.76 Å². The molecule has 2 aliphatic rings. The molecule has 14 heteroatoms. The fraction of sp³-hybridized carbons (Fsp3) is 0.464. The fourth-order valence-electron chi connectivity index (χ4n) is 5.94. The molecule has 7 rings (SSSR count). The number of fused-ring (bicyclic) bond motifs is 1. The number of H-pyrrole nitrogens is 1. The molecular formula is C28H30ClN9O4. The molecular weight excluding hydrogens is 562 g/mol. The molecule has 0 bridgehead atoms. The lowest BCUT2D eigenvalue weighted by Gasteiger charge is -2.35. The van der Waals surface area contributed by atoms with Crippen LogP contribution in [-0.4, -0.2) is 59.6 Å². The van der Waals surface area contributed by atoms with Crippen LogP contribution in [-0.2, 0) is 11.3 Å². The Bertz CT molecular complexity index is 1790. The van der Waals surface area contributed by atoms with Gasteiger partial charge in [-0.1, -0.05) is 48.7 Å². The highest BCUT2D eigenvalue weighted by atomic mass is 35.5. The standard InChI is InChI=1S/C28H30ClN9O4/c1-15-6-8-17(9-7-15)13-38-22-21(18-4-3-5-19(29)12-18)31-24(26-34-35-28(39)41-26)32-23(22)33-27(38)37-10-11-40-14-20(37)25-30-16(2)36-42-25/h3-5,12,15,17,20H,6-11,13-14H2,1-2H3,(H,35,39)/t15?,17?,20-/m0/s1. The van der Waals surface area contributed by atoms with Crippen LogP contribution in [0.2, 0.25) is 5.02 Å². The van der Waals surface area contributed by atoms with E-state index in [0.29, 0.717) is 59.7 Å². The third kappa shape index (κ3) is 5.07. The van der Waals surface area contributed by atoms with Crippen molar-refractivity contribution >= 4 is 28.7 Å². The van der Waals surface area contributed by atoms with Crippen molar-refractivity contribution in [2.75, 3.05) is 24.7 Å². The highest BCUT2D eigenvalue weighted by molar-refractivity contribution is 6.30. The van der Waals surface area contributed by atoms with Gasteiger partial charge in [0.2, 0.25) is 11.8 Å². The number of ether oxygens (including phenoxy) is 1. The second-order valence-electron chi connectivity index (χ2n) is 11.1. The summed E-state index contributed by atoms with van der Waals surface area (Å²) in [7, 11) is 0. The second-order valence-corrected chi connectivity index (χ2v) is 11.5. The third-order valence-corrected chi connectivity index (χ3v) is 8.34. The van der Waals surface area contributed by atoms with Crippen LogP contribution in [0.3, 0.4) is 0 Å². The van der Waals surface area contributed by atoms with Gasteiger partial charge in [0.15, 0.2) is 11.5 Å². The Morgan fingerprint density at radius 2 is 1.98 bits per heavy atom. The number of halogens is 1. The van der Waals surface area contributed by atoms with Gasteiger partial charge in [0.05, 0.1) is 13.2 Å². The average molecular weight is 592 g/mol. The number of morpholine rings is 1. The normalized spacial score (nSPS) is 21.3. The minimum absolute atomic E-state index is 0.0202. The summed E-state index contributed by atoms with van der Waals surface area (Å²) in [5, 5.41) is 10.9. The fourth-order valence-corrected chi connectivity index (χ4v) is 6.13. The lowest BCUT2D eigenvalue weighted by molar-refractivity contribution is 0.0824. The van der Waals surface area contributed by atoms with Crippen molar-refractivity contribution in [2.24, 2.45) is 11.8 Å². The molecule has 5 aromatic rings. The van der Waals surface area contributed by atoms with Gasteiger partial charge in [0.25, 0.3) is 11.8 Å². The molecule has 0 amide bonds. The Morgan fingerprint density at radius 1 is 1.12 bits per heavy atom. The molecule has 2 fully saturated rings. The van der Waals surface area contributed by atoms with E-state index in [-0.39, 0.29) is 17.8 Å². The van der Waals surface area contributed by atoms with Crippen molar-refractivity contribution in [3.63, 3.8) is 0 Å². The zero-order valence-electron chi connectivity index (χ0n) is 23.3. The quantitative estimate of drug-likeness (QED) is 0.295. The molecule has 0 radical (unpaired) electrons. The van der Waals surface area contributed by atoms with E-state index in [2.05, 4.69) is 36.7 Å². The van der Waals surface area contributed by atoms with Crippen LogP contribution in [0.25, 0.3) is 34.1 Å². The summed E-state index contributed by atoms with van der Waals surface area (Å²) in [6.45, 7) is 6.31. The molecule has 4 aromatic heterocycles. The van der Waals surface area contributed by atoms with Gasteiger partial charge in [-0.25, -0.2) is 19.9 Å². The summed E-state index contributed by atoms with van der Waals surface area (Å²) in [6, 6.07) is 7.16. The molecule has 1 aliphatic carbocycles. The van der Waals surface area contributed by atoms with E-state index in [1.165, 1.54) is 12.8 Å². The number of anilines is 1. The van der Waals surface area contributed by atoms with E-state index >= 15 is 0 Å². The Labute approximate surface area is 245 Å². The summed E-state index contributed by atoms with van der Waals surface area (Å²) in [5.41, 5.74) is 2.61. The van der Waals surface area contributed by atoms with Crippen molar-refractivity contribution in [3.8, 4) is 23.0 Å². The largest absolute Gasteiger partial charge is 0.434 e. The molecule has 13 nitrogen and oxygen atoms in total. The summed E-state index contributed by atoms with van der Waals surface area (Å²) in [5.74, 6) is 2.35. The van der Waals surface area contributed by atoms with Gasteiger partial charge in [-0.3, -0.25) is 0 Å². The predicted molar refractivity (Wildman–Crippen MR) is 153 cm³/mol. The monoisotopic (exact) mass is 591 g/mol. The zero-order chi connectivity index (χ0) is 28.8. The maximum Gasteiger partial charge on any atom is 0.434 e. The van der Waals surface area contributed by atoms with E-state index in [9.17, 15) is 4.79 Å². The maximum absolute atomic E-state index is 11.8. The zero-order valence-corrected chi connectivity index (χ0v) is 24.0. The SMILES string of the molecule is Cc1noc([C@@H]2COCCN2c2nc3nc(-c4n[nH]c(=O)o4)nc(-c4cccc(Cl)c4)c3n2CC2CCC(C)CC2)n1. The third-order valence-electron chi connectivity index (χ3n) is 8.10. The molecule has 1 N–H and O–H groups in total. The number of benzene rings is 1. The molecule has 0 spiro atoms. The second kappa shape index (κ2) is 11.0. The first kappa shape index (κ1) is 26.8. The van der Waals surface area contributed by atoms with Crippen LogP contribution in [0.5, 0.6) is 0 Å². The molecule has 1 saturated carbocycles. The molecule has 218 valence electrons. The maximum atomic E-state index is 11.8. The highest BCUT2D eigenvalue weighted by Crippen LogP contribution is 2.38. The smallest absolute Gasteiger partial charge is 0.384 e. The summed E-state index contributed by atoms with van der Waals surface area (Å²) in [4.78, 5) is 33.2. The minimum atomic E-state index is -0.693. The number of nitrogens with zero attached hydrogens (tertiary/aromatic N) is 8. The first-order valence-corrected chi connectivity index (χ1v) is 14.6. The van der Waals surface area contributed by atoms with E-state index in [0.717, 1.165) is 36.4 Å². The molecule has 42 heavy (non-hydrogen) atoms. The van der Waals surface area contributed by atoms with Gasteiger partial charge >= 0.3 is 5.76 Å².